The predicted octanol–water partition coefficient (Wildman–Crippen LogP) is 5.07. The van der Waals surface area contributed by atoms with Gasteiger partial charge in [-0.2, -0.15) is 0 Å². The molecule has 24 heavy (non-hydrogen) atoms. The van der Waals surface area contributed by atoms with Gasteiger partial charge in [0.1, 0.15) is 0 Å². The van der Waals surface area contributed by atoms with Gasteiger partial charge < -0.3 is 4.98 Å². The SMILES string of the molecule is C(=C1/CCCN=C1c1cccnc1)/c1c[nH]c2ccccc12.Cl.Cl. The molecule has 0 fully saturated rings. The molecule has 1 aliphatic rings. The van der Waals surface area contributed by atoms with Crippen molar-refractivity contribution in [2.75, 3.05) is 6.54 Å². The molecule has 0 radical (unpaired) electrons. The summed E-state index contributed by atoms with van der Waals surface area (Å²) in [5.74, 6) is 0. The quantitative estimate of drug-likeness (QED) is 0.681. The smallest absolute Gasteiger partial charge is 0.0694 e. The summed E-state index contributed by atoms with van der Waals surface area (Å²) in [4.78, 5) is 12.3. The molecule has 5 heteroatoms. The van der Waals surface area contributed by atoms with E-state index in [1.807, 2.05) is 12.3 Å². The van der Waals surface area contributed by atoms with Crippen molar-refractivity contribution in [3.05, 3.63) is 71.7 Å². The maximum Gasteiger partial charge on any atom is 0.0694 e. The normalized spacial score (nSPS) is 15.5. The van der Waals surface area contributed by atoms with Crippen molar-refractivity contribution in [3.8, 4) is 0 Å². The highest BCUT2D eigenvalue weighted by atomic mass is 35.5. The molecule has 124 valence electrons. The van der Waals surface area contributed by atoms with Gasteiger partial charge in [-0.1, -0.05) is 18.2 Å². The van der Waals surface area contributed by atoms with Gasteiger partial charge in [0.05, 0.1) is 5.71 Å². The van der Waals surface area contributed by atoms with Crippen LogP contribution in [0.15, 0.2) is 65.6 Å². The first kappa shape index (κ1) is 18.2. The first-order valence-electron chi connectivity index (χ1n) is 7.64. The van der Waals surface area contributed by atoms with Crippen molar-refractivity contribution in [1.29, 1.82) is 0 Å². The molecule has 0 spiro atoms. The topological polar surface area (TPSA) is 41.0 Å². The Bertz CT molecular complexity index is 866. The second kappa shape index (κ2) is 8.13. The third-order valence-electron chi connectivity index (χ3n) is 4.06. The molecule has 0 saturated carbocycles. The van der Waals surface area contributed by atoms with E-state index < -0.39 is 0 Å². The second-order valence-electron chi connectivity index (χ2n) is 5.53. The number of pyridine rings is 1. The van der Waals surface area contributed by atoms with Gasteiger partial charge in [0.2, 0.25) is 0 Å². The standard InChI is InChI=1S/C19H17N3.2ClH/c1-2-8-18-17(7-1)16(13-22-18)11-14-5-4-10-21-19(14)15-6-3-9-20-12-15;;/h1-3,6-9,11-13,22H,4-5,10H2;2*1H/b14-11+;;. The number of rotatable bonds is 2. The lowest BCUT2D eigenvalue weighted by Gasteiger charge is -2.16. The highest BCUT2D eigenvalue weighted by molar-refractivity contribution is 6.15. The molecule has 2 aromatic heterocycles. The van der Waals surface area contributed by atoms with Gasteiger partial charge in [-0.25, -0.2) is 0 Å². The van der Waals surface area contributed by atoms with Crippen molar-refractivity contribution in [2.45, 2.75) is 12.8 Å². The Labute approximate surface area is 153 Å². The molecule has 3 heterocycles. The Morgan fingerprint density at radius 1 is 1.04 bits per heavy atom. The van der Waals surface area contributed by atoms with E-state index in [0.717, 1.165) is 30.7 Å². The molecule has 1 N–H and O–H groups in total. The zero-order chi connectivity index (χ0) is 14.8. The minimum absolute atomic E-state index is 0. The minimum Gasteiger partial charge on any atom is -0.361 e. The lowest BCUT2D eigenvalue weighted by molar-refractivity contribution is 0.818. The number of halogens is 2. The van der Waals surface area contributed by atoms with E-state index in [9.17, 15) is 0 Å². The average Bonchev–Trinajstić information content (AvgIpc) is 2.99. The van der Waals surface area contributed by atoms with E-state index in [1.54, 1.807) is 6.20 Å². The Morgan fingerprint density at radius 3 is 2.75 bits per heavy atom. The Hall–Kier alpha value is -2.10. The zero-order valence-corrected chi connectivity index (χ0v) is 14.7. The number of hydrogen-bond acceptors (Lipinski definition) is 2. The highest BCUT2D eigenvalue weighted by Gasteiger charge is 2.14. The molecular formula is C19H19Cl2N3. The highest BCUT2D eigenvalue weighted by Crippen LogP contribution is 2.25. The predicted molar refractivity (Wildman–Crippen MR) is 106 cm³/mol. The van der Waals surface area contributed by atoms with E-state index in [2.05, 4.69) is 52.6 Å². The number of aromatic nitrogens is 2. The molecule has 0 amide bonds. The monoisotopic (exact) mass is 359 g/mol. The van der Waals surface area contributed by atoms with Crippen molar-refractivity contribution in [3.63, 3.8) is 0 Å². The number of aliphatic imine (C=N–C) groups is 1. The van der Waals surface area contributed by atoms with Crippen molar-refractivity contribution in [1.82, 2.24) is 9.97 Å². The number of nitrogens with one attached hydrogen (secondary N) is 1. The number of benzene rings is 1. The fourth-order valence-electron chi connectivity index (χ4n) is 3.00. The minimum atomic E-state index is 0. The van der Waals surface area contributed by atoms with Crippen LogP contribution in [0.3, 0.4) is 0 Å². The van der Waals surface area contributed by atoms with Gasteiger partial charge in [-0.3, -0.25) is 9.98 Å². The molecule has 0 bridgehead atoms. The summed E-state index contributed by atoms with van der Waals surface area (Å²) in [6.45, 7) is 0.898. The van der Waals surface area contributed by atoms with Crippen molar-refractivity contribution < 1.29 is 0 Å². The molecular weight excluding hydrogens is 341 g/mol. The Kier molecular flexibility index (Phi) is 6.18. The number of para-hydroxylation sites is 1. The number of allylic oxidation sites excluding steroid dienone is 1. The molecule has 0 aliphatic carbocycles. The number of aromatic amines is 1. The van der Waals surface area contributed by atoms with Gasteiger partial charge in [0.15, 0.2) is 0 Å². The third kappa shape index (κ3) is 3.53. The summed E-state index contributed by atoms with van der Waals surface area (Å²) in [5.41, 5.74) is 5.89. The molecule has 4 rings (SSSR count). The van der Waals surface area contributed by atoms with Crippen molar-refractivity contribution in [2.24, 2.45) is 4.99 Å². The maximum atomic E-state index is 4.74. The van der Waals surface area contributed by atoms with Gasteiger partial charge in [-0.15, -0.1) is 24.8 Å². The summed E-state index contributed by atoms with van der Waals surface area (Å²) in [7, 11) is 0. The van der Waals surface area contributed by atoms with Gasteiger partial charge in [-0.05, 0) is 42.7 Å². The van der Waals surface area contributed by atoms with E-state index in [4.69, 9.17) is 4.99 Å². The number of H-pyrrole nitrogens is 1. The van der Waals surface area contributed by atoms with Crippen LogP contribution in [-0.2, 0) is 0 Å². The molecule has 3 nitrogen and oxygen atoms in total. The summed E-state index contributed by atoms with van der Waals surface area (Å²) in [6.07, 6.45) is 10.2. The molecule has 1 aliphatic heterocycles. The van der Waals surface area contributed by atoms with Crippen LogP contribution in [0.25, 0.3) is 17.0 Å². The van der Waals surface area contributed by atoms with E-state index >= 15 is 0 Å². The van der Waals surface area contributed by atoms with Crippen LogP contribution in [-0.4, -0.2) is 22.2 Å². The fraction of sp³-hybridized carbons (Fsp3) is 0.158. The van der Waals surface area contributed by atoms with Gasteiger partial charge in [0.25, 0.3) is 0 Å². The molecule has 0 saturated heterocycles. The summed E-state index contributed by atoms with van der Waals surface area (Å²) in [6, 6.07) is 12.4. The lowest BCUT2D eigenvalue weighted by Crippen LogP contribution is -2.11. The van der Waals surface area contributed by atoms with E-state index in [0.29, 0.717) is 0 Å². The van der Waals surface area contributed by atoms with E-state index in [1.165, 1.54) is 22.0 Å². The Balaban J connectivity index is 0.00000104. The van der Waals surface area contributed by atoms with Gasteiger partial charge >= 0.3 is 0 Å². The third-order valence-corrected chi connectivity index (χ3v) is 4.06. The van der Waals surface area contributed by atoms with Crippen LogP contribution in [0.5, 0.6) is 0 Å². The maximum absolute atomic E-state index is 4.74. The largest absolute Gasteiger partial charge is 0.361 e. The average molecular weight is 360 g/mol. The summed E-state index contributed by atoms with van der Waals surface area (Å²) in [5, 5.41) is 1.26. The van der Waals surface area contributed by atoms with Crippen molar-refractivity contribution >= 4 is 47.5 Å². The molecule has 0 unspecified atom stereocenters. The molecule has 0 atom stereocenters. The lowest BCUT2D eigenvalue weighted by atomic mass is 9.95. The zero-order valence-electron chi connectivity index (χ0n) is 13.1. The van der Waals surface area contributed by atoms with Crippen LogP contribution in [0.4, 0.5) is 0 Å². The molecule has 1 aromatic carbocycles. The fourth-order valence-corrected chi connectivity index (χ4v) is 3.00. The van der Waals surface area contributed by atoms with Crippen LogP contribution in [0.1, 0.15) is 24.0 Å². The van der Waals surface area contributed by atoms with E-state index in [-0.39, 0.29) is 24.8 Å². The second-order valence-corrected chi connectivity index (χ2v) is 5.53. The van der Waals surface area contributed by atoms with Crippen LogP contribution < -0.4 is 0 Å². The first-order valence-corrected chi connectivity index (χ1v) is 7.64. The number of fused-ring (bicyclic) bond motifs is 1. The number of hydrogen-bond donors (Lipinski definition) is 1. The van der Waals surface area contributed by atoms with Crippen LogP contribution >= 0.6 is 24.8 Å². The summed E-state index contributed by atoms with van der Waals surface area (Å²) < 4.78 is 0. The van der Waals surface area contributed by atoms with Crippen LogP contribution in [0, 0.1) is 0 Å². The van der Waals surface area contributed by atoms with Crippen LogP contribution in [0.2, 0.25) is 0 Å². The molecule has 3 aromatic rings. The van der Waals surface area contributed by atoms with Gasteiger partial charge in [0, 0.05) is 47.2 Å². The summed E-state index contributed by atoms with van der Waals surface area (Å²) >= 11 is 0. The first-order chi connectivity index (χ1) is 10.9. The Morgan fingerprint density at radius 2 is 1.92 bits per heavy atom. The number of nitrogens with zero attached hydrogens (tertiary/aromatic N) is 2.